The molecule has 1 heterocycles. The van der Waals surface area contributed by atoms with E-state index in [4.69, 9.17) is 23.2 Å². The molecular formula is C21H16Cl2F6N2O. The summed E-state index contributed by atoms with van der Waals surface area (Å²) in [6, 6.07) is 7.72. The smallest absolute Gasteiger partial charge is 0.294 e. The number of alkyl halides is 6. The van der Waals surface area contributed by atoms with Crippen molar-refractivity contribution < 1.29 is 31.1 Å². The number of anilines is 1. The Bertz CT molecular complexity index is 1050. The predicted molar refractivity (Wildman–Crippen MR) is 111 cm³/mol. The number of hydrogen-bond acceptors (Lipinski definition) is 3. The number of carbonyl (C=O) groups is 1. The van der Waals surface area contributed by atoms with Crippen LogP contribution < -0.4 is 5.01 Å². The number of Topliss-reactive ketones (excluding diaryl/α,β-unsaturated/α-hetero) is 1. The van der Waals surface area contributed by atoms with Gasteiger partial charge in [-0.3, -0.25) is 9.80 Å². The summed E-state index contributed by atoms with van der Waals surface area (Å²) >= 11 is 11.8. The second-order valence-corrected chi connectivity index (χ2v) is 8.34. The Morgan fingerprint density at radius 1 is 1.06 bits per heavy atom. The highest BCUT2D eigenvalue weighted by molar-refractivity contribution is 6.34. The van der Waals surface area contributed by atoms with E-state index >= 15 is 0 Å². The minimum absolute atomic E-state index is 0.0422. The minimum Gasteiger partial charge on any atom is -0.294 e. The summed E-state index contributed by atoms with van der Waals surface area (Å²) in [5.41, 5.74) is -1.99. The van der Waals surface area contributed by atoms with Gasteiger partial charge in [-0.25, -0.2) is 0 Å². The van der Waals surface area contributed by atoms with Crippen molar-refractivity contribution >= 4 is 40.9 Å². The van der Waals surface area contributed by atoms with Crippen LogP contribution in [0, 0.1) is 6.92 Å². The highest BCUT2D eigenvalue weighted by atomic mass is 35.5. The lowest BCUT2D eigenvalue weighted by molar-refractivity contribution is -0.164. The molecule has 1 aliphatic rings. The summed E-state index contributed by atoms with van der Waals surface area (Å²) in [4.78, 5) is 12.1. The quantitative estimate of drug-likeness (QED) is 0.325. The topological polar surface area (TPSA) is 32.7 Å². The molecule has 0 spiro atoms. The van der Waals surface area contributed by atoms with Crippen LogP contribution in [0.4, 0.5) is 32.0 Å². The predicted octanol–water partition coefficient (Wildman–Crippen LogP) is 7.13. The molecule has 172 valence electrons. The Morgan fingerprint density at radius 3 is 2.22 bits per heavy atom. The van der Waals surface area contributed by atoms with Crippen molar-refractivity contribution in [2.45, 2.75) is 37.5 Å². The van der Waals surface area contributed by atoms with Crippen molar-refractivity contribution in [3.63, 3.8) is 0 Å². The molecule has 3 nitrogen and oxygen atoms in total. The average molecular weight is 497 g/mol. The third-order valence-electron chi connectivity index (χ3n) is 5.14. The van der Waals surface area contributed by atoms with E-state index in [0.29, 0.717) is 5.56 Å². The minimum atomic E-state index is -4.72. The van der Waals surface area contributed by atoms with Gasteiger partial charge in [0.2, 0.25) is 0 Å². The molecule has 1 atom stereocenters. The summed E-state index contributed by atoms with van der Waals surface area (Å²) in [5, 5.41) is 5.11. The summed E-state index contributed by atoms with van der Waals surface area (Å²) < 4.78 is 79.6. The molecule has 0 aliphatic carbocycles. The van der Waals surface area contributed by atoms with Gasteiger partial charge in [0.1, 0.15) is 5.41 Å². The number of nitrogens with zero attached hydrogens (tertiary/aromatic N) is 2. The third-order valence-corrected chi connectivity index (χ3v) is 5.58. The van der Waals surface area contributed by atoms with Crippen molar-refractivity contribution in [1.82, 2.24) is 0 Å². The molecular weight excluding hydrogens is 481 g/mol. The summed E-state index contributed by atoms with van der Waals surface area (Å²) in [6.45, 7) is 0.895. The van der Waals surface area contributed by atoms with Gasteiger partial charge < -0.3 is 0 Å². The van der Waals surface area contributed by atoms with Gasteiger partial charge in [-0.2, -0.15) is 31.4 Å². The first-order chi connectivity index (χ1) is 14.7. The van der Waals surface area contributed by atoms with E-state index in [1.807, 2.05) is 0 Å². The van der Waals surface area contributed by atoms with E-state index in [1.54, 1.807) is 0 Å². The van der Waals surface area contributed by atoms with E-state index in [0.717, 1.165) is 11.2 Å². The maximum absolute atomic E-state index is 14.1. The number of hydrazone groups is 1. The van der Waals surface area contributed by atoms with Gasteiger partial charge in [-0.1, -0.05) is 23.2 Å². The highest BCUT2D eigenvalue weighted by Crippen LogP contribution is 2.45. The van der Waals surface area contributed by atoms with Crippen LogP contribution in [0.15, 0.2) is 41.5 Å². The zero-order chi connectivity index (χ0) is 23.9. The largest absolute Gasteiger partial charge is 0.405 e. The van der Waals surface area contributed by atoms with Crippen LogP contribution in [-0.4, -0.2) is 30.9 Å². The van der Waals surface area contributed by atoms with Crippen molar-refractivity contribution in [1.29, 1.82) is 0 Å². The fourth-order valence-corrected chi connectivity index (χ4v) is 3.99. The van der Waals surface area contributed by atoms with Gasteiger partial charge in [-0.05, 0) is 54.4 Å². The number of rotatable bonds is 5. The molecule has 0 saturated carbocycles. The molecule has 0 aromatic heterocycles. The van der Waals surface area contributed by atoms with E-state index in [-0.39, 0.29) is 26.9 Å². The Labute approximate surface area is 189 Å². The maximum atomic E-state index is 14.1. The number of hydrogen-bond donors (Lipinski definition) is 0. The SMILES string of the molecule is Cc1cc(N2CC(c3cc(Cl)cc(Cl)c3)(C(F)(F)F)C=N2)ccc1C(=O)CCC(F)(F)F. The van der Waals surface area contributed by atoms with Crippen molar-refractivity contribution in [2.24, 2.45) is 5.10 Å². The Hall–Kier alpha value is -2.26. The molecule has 1 aliphatic heterocycles. The van der Waals surface area contributed by atoms with E-state index < -0.39 is 42.9 Å². The molecule has 0 amide bonds. The number of aryl methyl sites for hydroxylation is 1. The molecule has 0 bridgehead atoms. The Morgan fingerprint density at radius 2 is 1.69 bits per heavy atom. The van der Waals surface area contributed by atoms with Crippen LogP contribution in [0.25, 0.3) is 0 Å². The zero-order valence-electron chi connectivity index (χ0n) is 16.5. The monoisotopic (exact) mass is 496 g/mol. The first-order valence-corrected chi connectivity index (χ1v) is 10.0. The number of carbonyl (C=O) groups excluding carboxylic acids is 1. The van der Waals surface area contributed by atoms with Crippen LogP contribution in [0.5, 0.6) is 0 Å². The molecule has 1 unspecified atom stereocenters. The molecule has 0 fully saturated rings. The average Bonchev–Trinajstić information content (AvgIpc) is 3.11. The van der Waals surface area contributed by atoms with Crippen molar-refractivity contribution in [2.75, 3.05) is 11.6 Å². The highest BCUT2D eigenvalue weighted by Gasteiger charge is 2.58. The summed E-state index contributed by atoms with van der Waals surface area (Å²) in [7, 11) is 0. The Balaban J connectivity index is 1.88. The second-order valence-electron chi connectivity index (χ2n) is 7.47. The zero-order valence-corrected chi connectivity index (χ0v) is 18.0. The van der Waals surface area contributed by atoms with Crippen molar-refractivity contribution in [3.8, 4) is 0 Å². The van der Waals surface area contributed by atoms with Gasteiger partial charge in [0.15, 0.2) is 5.78 Å². The normalized spacial score (nSPS) is 19.0. The van der Waals surface area contributed by atoms with Crippen LogP contribution in [0.3, 0.4) is 0 Å². The molecule has 2 aromatic carbocycles. The van der Waals surface area contributed by atoms with Gasteiger partial charge in [-0.15, -0.1) is 0 Å². The molecule has 32 heavy (non-hydrogen) atoms. The first-order valence-electron chi connectivity index (χ1n) is 9.28. The fourth-order valence-electron chi connectivity index (χ4n) is 3.46. The maximum Gasteiger partial charge on any atom is 0.405 e. The summed E-state index contributed by atoms with van der Waals surface area (Å²) in [5.74, 6) is -0.700. The fraction of sp³-hybridized carbons (Fsp3) is 0.333. The van der Waals surface area contributed by atoms with Gasteiger partial charge >= 0.3 is 12.4 Å². The second kappa shape index (κ2) is 8.59. The van der Waals surface area contributed by atoms with E-state index in [9.17, 15) is 31.1 Å². The van der Waals surface area contributed by atoms with Crippen LogP contribution in [0.1, 0.15) is 34.3 Å². The van der Waals surface area contributed by atoms with Crippen LogP contribution >= 0.6 is 23.2 Å². The number of ketones is 1. The standard InChI is InChI=1S/C21H16Cl2F6N2O/c1-12-6-16(2-3-17(12)18(32)4-5-20(24,25)26)31-11-19(10-30-31,21(27,28)29)13-7-14(22)9-15(23)8-13/h2-3,6-10H,4-5,11H2,1H3. The van der Waals surface area contributed by atoms with Crippen molar-refractivity contribution in [3.05, 3.63) is 63.1 Å². The molecule has 0 saturated heterocycles. The van der Waals surface area contributed by atoms with Crippen LogP contribution in [0.2, 0.25) is 10.0 Å². The third kappa shape index (κ3) is 5.04. The van der Waals surface area contributed by atoms with E-state index in [2.05, 4.69) is 5.10 Å². The molecule has 11 heteroatoms. The lowest BCUT2D eigenvalue weighted by Gasteiger charge is -2.31. The number of benzene rings is 2. The molecule has 0 N–H and O–H groups in total. The van der Waals surface area contributed by atoms with Gasteiger partial charge in [0.25, 0.3) is 0 Å². The lowest BCUT2D eigenvalue weighted by atomic mass is 9.81. The summed E-state index contributed by atoms with van der Waals surface area (Å²) in [6.07, 6.45) is -10.4. The molecule has 2 aromatic rings. The molecule has 0 radical (unpaired) electrons. The molecule has 3 rings (SSSR count). The van der Waals surface area contributed by atoms with Gasteiger partial charge in [0.05, 0.1) is 18.7 Å². The van der Waals surface area contributed by atoms with Gasteiger partial charge in [0, 0.05) is 28.2 Å². The van der Waals surface area contributed by atoms with Crippen LogP contribution in [-0.2, 0) is 5.41 Å². The Kier molecular flexibility index (Phi) is 6.55. The number of halogens is 8. The van der Waals surface area contributed by atoms with E-state index in [1.165, 1.54) is 43.3 Å². The first kappa shape index (κ1) is 24.4. The lowest BCUT2D eigenvalue weighted by Crippen LogP contribution is -2.47.